The molecule has 24 heavy (non-hydrogen) atoms. The first-order valence-electron chi connectivity index (χ1n) is 9.55. The lowest BCUT2D eigenvalue weighted by molar-refractivity contribution is -0.148. The summed E-state index contributed by atoms with van der Waals surface area (Å²) in [5.74, 6) is 4.23. The molecule has 0 saturated heterocycles. The smallest absolute Gasteiger partial charge is 0.347 e. The van der Waals surface area contributed by atoms with E-state index in [4.69, 9.17) is 11.6 Å². The molecule has 0 heterocycles. The highest BCUT2D eigenvalue weighted by Gasteiger charge is 2.21. The fourth-order valence-corrected chi connectivity index (χ4v) is 2.69. The summed E-state index contributed by atoms with van der Waals surface area (Å²) in [4.78, 5) is 27.8. The van der Waals surface area contributed by atoms with Crippen LogP contribution < -0.4 is 16.9 Å². The topological polar surface area (TPSA) is 107 Å². The molecule has 0 aliphatic rings. The minimum atomic E-state index is -0.660. The van der Waals surface area contributed by atoms with Crippen LogP contribution in [0.25, 0.3) is 0 Å². The molecule has 0 aliphatic heterocycles. The van der Waals surface area contributed by atoms with E-state index in [1.165, 1.54) is 44.9 Å². The molecule has 142 valence electrons. The molecule has 1 atom stereocenters. The van der Waals surface area contributed by atoms with Crippen molar-refractivity contribution in [2.45, 2.75) is 96.4 Å². The molecule has 6 nitrogen and oxygen atoms in total. The summed E-state index contributed by atoms with van der Waals surface area (Å²) in [6.07, 6.45) is 13.4. The summed E-state index contributed by atoms with van der Waals surface area (Å²) in [5, 5.41) is 2.72. The van der Waals surface area contributed by atoms with E-state index in [1.807, 2.05) is 0 Å². The highest BCUT2D eigenvalue weighted by molar-refractivity contribution is 5.84. The van der Waals surface area contributed by atoms with Gasteiger partial charge in [0.25, 0.3) is 0 Å². The zero-order chi connectivity index (χ0) is 18.0. The van der Waals surface area contributed by atoms with Gasteiger partial charge in [-0.15, -0.1) is 0 Å². The number of hydrogen-bond donors (Lipinski definition) is 3. The molecule has 0 aromatic rings. The lowest BCUT2D eigenvalue weighted by atomic mass is 10.1. The first-order chi connectivity index (χ1) is 11.7. The predicted molar refractivity (Wildman–Crippen MR) is 97.0 cm³/mol. The Kier molecular flexibility index (Phi) is 15.9. The van der Waals surface area contributed by atoms with Gasteiger partial charge in [-0.25, -0.2) is 4.79 Å². The second-order valence-electron chi connectivity index (χ2n) is 6.42. The van der Waals surface area contributed by atoms with Crippen LogP contribution in [-0.2, 0) is 14.4 Å². The molecule has 0 rings (SSSR count). The third-order valence-corrected chi connectivity index (χ3v) is 4.19. The van der Waals surface area contributed by atoms with E-state index in [1.54, 1.807) is 0 Å². The van der Waals surface area contributed by atoms with E-state index in [2.05, 4.69) is 17.1 Å². The Hall–Kier alpha value is -1.14. The van der Waals surface area contributed by atoms with Crippen LogP contribution in [0.15, 0.2) is 0 Å². The van der Waals surface area contributed by atoms with E-state index < -0.39 is 12.0 Å². The van der Waals surface area contributed by atoms with Gasteiger partial charge in [0.2, 0.25) is 5.91 Å². The zero-order valence-electron chi connectivity index (χ0n) is 15.4. The second-order valence-corrected chi connectivity index (χ2v) is 6.42. The fourth-order valence-electron chi connectivity index (χ4n) is 2.69. The summed E-state index contributed by atoms with van der Waals surface area (Å²) in [6, 6.07) is -0.660. The number of hydrogen-bond acceptors (Lipinski definition) is 5. The Morgan fingerprint density at radius 3 is 2.04 bits per heavy atom. The van der Waals surface area contributed by atoms with Crippen molar-refractivity contribution in [3.8, 4) is 0 Å². The van der Waals surface area contributed by atoms with Crippen molar-refractivity contribution in [2.24, 2.45) is 11.6 Å². The molecule has 0 bridgehead atoms. The van der Waals surface area contributed by atoms with Gasteiger partial charge in [-0.3, -0.25) is 4.79 Å². The standard InChI is InChI=1S/C18H37N3O3/c1-2-3-4-5-6-7-8-9-10-14-17(22)21-16(18(23)24-20)13-11-12-15-19/h16H,2-15,19-20H2,1H3,(H,21,22)/t16-/m0/s1. The lowest BCUT2D eigenvalue weighted by Crippen LogP contribution is -2.42. The van der Waals surface area contributed by atoms with Gasteiger partial charge >= 0.3 is 5.97 Å². The van der Waals surface area contributed by atoms with Crippen LogP contribution >= 0.6 is 0 Å². The Labute approximate surface area is 147 Å². The quantitative estimate of drug-likeness (QED) is 0.295. The number of carbonyl (C=O) groups excluding carboxylic acids is 2. The summed E-state index contributed by atoms with van der Waals surface area (Å²) in [6.45, 7) is 2.79. The van der Waals surface area contributed by atoms with Gasteiger partial charge in [0.15, 0.2) is 0 Å². The van der Waals surface area contributed by atoms with Crippen LogP contribution in [0.2, 0.25) is 0 Å². The van der Waals surface area contributed by atoms with Gasteiger partial charge in [0.1, 0.15) is 6.04 Å². The maximum absolute atomic E-state index is 11.9. The summed E-state index contributed by atoms with van der Waals surface area (Å²) >= 11 is 0. The van der Waals surface area contributed by atoms with E-state index in [9.17, 15) is 9.59 Å². The number of rotatable bonds is 16. The van der Waals surface area contributed by atoms with Crippen molar-refractivity contribution in [1.82, 2.24) is 5.32 Å². The van der Waals surface area contributed by atoms with Crippen LogP contribution in [0, 0.1) is 0 Å². The van der Waals surface area contributed by atoms with E-state index >= 15 is 0 Å². The van der Waals surface area contributed by atoms with Crippen molar-refractivity contribution < 1.29 is 14.4 Å². The van der Waals surface area contributed by atoms with Crippen LogP contribution in [0.3, 0.4) is 0 Å². The van der Waals surface area contributed by atoms with Gasteiger partial charge in [-0.05, 0) is 32.2 Å². The Morgan fingerprint density at radius 1 is 0.917 bits per heavy atom. The highest BCUT2D eigenvalue weighted by Crippen LogP contribution is 2.10. The van der Waals surface area contributed by atoms with Gasteiger partial charge in [0.05, 0.1) is 0 Å². The van der Waals surface area contributed by atoms with Gasteiger partial charge in [0, 0.05) is 6.42 Å². The molecule has 0 unspecified atom stereocenters. The molecule has 0 radical (unpaired) electrons. The van der Waals surface area contributed by atoms with Crippen LogP contribution in [0.5, 0.6) is 0 Å². The molecule has 1 amide bonds. The first-order valence-corrected chi connectivity index (χ1v) is 9.55. The van der Waals surface area contributed by atoms with Crippen molar-refractivity contribution in [3.05, 3.63) is 0 Å². The number of amides is 1. The molecule has 0 saturated carbocycles. The summed E-state index contributed by atoms with van der Waals surface area (Å²) in [5.41, 5.74) is 5.44. The second kappa shape index (κ2) is 16.7. The molecule has 5 N–H and O–H groups in total. The Balaban J connectivity index is 3.74. The number of unbranched alkanes of at least 4 members (excludes halogenated alkanes) is 9. The average molecular weight is 344 g/mol. The number of carbonyl (C=O) groups is 2. The molecule has 0 aromatic heterocycles. The van der Waals surface area contributed by atoms with Crippen molar-refractivity contribution in [2.75, 3.05) is 6.54 Å². The minimum Gasteiger partial charge on any atom is -0.372 e. The molecule has 0 aromatic carbocycles. The lowest BCUT2D eigenvalue weighted by Gasteiger charge is -2.15. The Bertz CT molecular complexity index is 325. The van der Waals surface area contributed by atoms with E-state index in [0.717, 1.165) is 25.7 Å². The Morgan fingerprint density at radius 2 is 1.50 bits per heavy atom. The van der Waals surface area contributed by atoms with Gasteiger partial charge in [-0.2, -0.15) is 5.90 Å². The van der Waals surface area contributed by atoms with Crippen molar-refractivity contribution in [1.29, 1.82) is 0 Å². The van der Waals surface area contributed by atoms with Crippen molar-refractivity contribution in [3.63, 3.8) is 0 Å². The van der Waals surface area contributed by atoms with E-state index in [-0.39, 0.29) is 5.91 Å². The average Bonchev–Trinajstić information content (AvgIpc) is 2.59. The van der Waals surface area contributed by atoms with Gasteiger partial charge in [-0.1, -0.05) is 58.3 Å². The normalized spacial score (nSPS) is 12.0. The van der Waals surface area contributed by atoms with Crippen molar-refractivity contribution >= 4 is 11.9 Å². The molecular formula is C18H37N3O3. The zero-order valence-corrected chi connectivity index (χ0v) is 15.4. The van der Waals surface area contributed by atoms with Crippen LogP contribution in [0.1, 0.15) is 90.4 Å². The minimum absolute atomic E-state index is 0.110. The monoisotopic (exact) mass is 343 g/mol. The third kappa shape index (κ3) is 13.3. The number of nitrogens with one attached hydrogen (secondary N) is 1. The third-order valence-electron chi connectivity index (χ3n) is 4.19. The summed E-state index contributed by atoms with van der Waals surface area (Å²) < 4.78 is 0. The largest absolute Gasteiger partial charge is 0.372 e. The SMILES string of the molecule is CCCCCCCCCCCC(=O)N[C@@H](CCCCN)C(=O)ON. The molecular weight excluding hydrogens is 306 g/mol. The molecule has 0 fully saturated rings. The predicted octanol–water partition coefficient (Wildman–Crippen LogP) is 2.94. The molecule has 6 heteroatoms. The van der Waals surface area contributed by atoms with E-state index in [0.29, 0.717) is 19.4 Å². The maximum Gasteiger partial charge on any atom is 0.347 e. The molecule has 0 aliphatic carbocycles. The fraction of sp³-hybridized carbons (Fsp3) is 0.889. The summed E-state index contributed by atoms with van der Waals surface area (Å²) in [7, 11) is 0. The first kappa shape index (κ1) is 22.9. The van der Waals surface area contributed by atoms with Crippen LogP contribution in [-0.4, -0.2) is 24.5 Å². The maximum atomic E-state index is 11.9. The number of nitrogens with two attached hydrogens (primary N) is 2. The highest BCUT2D eigenvalue weighted by atomic mass is 16.7. The van der Waals surface area contributed by atoms with Gasteiger partial charge < -0.3 is 15.9 Å². The molecule has 0 spiro atoms. The van der Waals surface area contributed by atoms with Crippen LogP contribution in [0.4, 0.5) is 0 Å².